The number of hydrogen-bond acceptors (Lipinski definition) is 5. The van der Waals surface area contributed by atoms with Gasteiger partial charge in [0.25, 0.3) is 0 Å². The standard InChI is InChI=1S/C14H21NO3S/c1-5-12(16)11-7-6-10(8-15-11)19-9-13(17)18-14(2,3)4/h6-8,12,16H,5,9H2,1-4H3. The average Bonchev–Trinajstić information content (AvgIpc) is 2.34. The van der Waals surface area contributed by atoms with Crippen molar-refractivity contribution in [3.8, 4) is 0 Å². The molecule has 0 saturated heterocycles. The highest BCUT2D eigenvalue weighted by Gasteiger charge is 2.16. The lowest BCUT2D eigenvalue weighted by atomic mass is 10.2. The Bertz CT molecular complexity index is 412. The Morgan fingerprint density at radius 1 is 1.47 bits per heavy atom. The van der Waals surface area contributed by atoms with Crippen LogP contribution in [-0.4, -0.2) is 27.4 Å². The highest BCUT2D eigenvalue weighted by atomic mass is 32.2. The molecule has 0 aromatic carbocycles. The van der Waals surface area contributed by atoms with Crippen LogP contribution in [0.1, 0.15) is 45.9 Å². The third-order valence-electron chi connectivity index (χ3n) is 2.26. The van der Waals surface area contributed by atoms with Crippen LogP contribution in [0.4, 0.5) is 0 Å². The molecule has 19 heavy (non-hydrogen) atoms. The van der Waals surface area contributed by atoms with Crippen molar-refractivity contribution < 1.29 is 14.6 Å². The zero-order valence-electron chi connectivity index (χ0n) is 11.8. The summed E-state index contributed by atoms with van der Waals surface area (Å²) in [6.45, 7) is 7.44. The smallest absolute Gasteiger partial charge is 0.316 e. The van der Waals surface area contributed by atoms with Gasteiger partial charge in [-0.1, -0.05) is 6.92 Å². The van der Waals surface area contributed by atoms with E-state index >= 15 is 0 Å². The molecule has 0 fully saturated rings. The molecule has 1 heterocycles. The number of carbonyl (C=O) groups is 1. The van der Waals surface area contributed by atoms with Crippen molar-refractivity contribution in [2.24, 2.45) is 0 Å². The molecule has 1 N–H and O–H groups in total. The van der Waals surface area contributed by atoms with E-state index in [4.69, 9.17) is 4.74 Å². The van der Waals surface area contributed by atoms with Gasteiger partial charge in [-0.15, -0.1) is 11.8 Å². The molecule has 1 aromatic rings. The summed E-state index contributed by atoms with van der Waals surface area (Å²) in [5.41, 5.74) is 0.203. The van der Waals surface area contributed by atoms with Gasteiger partial charge in [0.05, 0.1) is 17.6 Å². The van der Waals surface area contributed by atoms with Crippen molar-refractivity contribution in [2.45, 2.75) is 50.7 Å². The number of aliphatic hydroxyl groups is 1. The van der Waals surface area contributed by atoms with Gasteiger partial charge in [-0.3, -0.25) is 9.78 Å². The van der Waals surface area contributed by atoms with Crippen molar-refractivity contribution in [1.29, 1.82) is 0 Å². The van der Waals surface area contributed by atoms with E-state index in [2.05, 4.69) is 4.98 Å². The van der Waals surface area contributed by atoms with Crippen molar-refractivity contribution in [1.82, 2.24) is 4.98 Å². The molecule has 1 unspecified atom stereocenters. The number of pyridine rings is 1. The number of nitrogens with zero attached hydrogens (tertiary/aromatic N) is 1. The van der Waals surface area contributed by atoms with Gasteiger partial charge in [0.15, 0.2) is 0 Å². The normalized spacial score (nSPS) is 13.1. The lowest BCUT2D eigenvalue weighted by molar-refractivity contribution is -0.151. The Balaban J connectivity index is 2.48. The Hall–Kier alpha value is -1.07. The minimum Gasteiger partial charge on any atom is -0.459 e. The molecule has 5 heteroatoms. The van der Waals surface area contributed by atoms with Gasteiger partial charge in [0.2, 0.25) is 0 Å². The average molecular weight is 283 g/mol. The lowest BCUT2D eigenvalue weighted by Crippen LogP contribution is -2.24. The van der Waals surface area contributed by atoms with Gasteiger partial charge in [-0.05, 0) is 39.3 Å². The van der Waals surface area contributed by atoms with E-state index < -0.39 is 11.7 Å². The topological polar surface area (TPSA) is 59.4 Å². The first-order valence-electron chi connectivity index (χ1n) is 6.30. The first-order chi connectivity index (χ1) is 8.81. The van der Waals surface area contributed by atoms with Crippen molar-refractivity contribution in [3.63, 3.8) is 0 Å². The highest BCUT2D eigenvalue weighted by Crippen LogP contribution is 2.21. The van der Waals surface area contributed by atoms with Crippen LogP contribution in [0, 0.1) is 0 Å². The molecule has 0 aliphatic carbocycles. The van der Waals surface area contributed by atoms with Gasteiger partial charge in [0, 0.05) is 11.1 Å². The van der Waals surface area contributed by atoms with Crippen LogP contribution in [0.2, 0.25) is 0 Å². The molecule has 1 atom stereocenters. The largest absolute Gasteiger partial charge is 0.459 e. The number of ether oxygens (including phenoxy) is 1. The quantitative estimate of drug-likeness (QED) is 0.665. The number of carbonyl (C=O) groups excluding carboxylic acids is 1. The molecule has 106 valence electrons. The van der Waals surface area contributed by atoms with Gasteiger partial charge >= 0.3 is 5.97 Å². The summed E-state index contributed by atoms with van der Waals surface area (Å²) in [6.07, 6.45) is 1.78. The minimum absolute atomic E-state index is 0.241. The Morgan fingerprint density at radius 2 is 2.16 bits per heavy atom. The molecule has 0 saturated carbocycles. The van der Waals surface area contributed by atoms with Crippen LogP contribution in [0.15, 0.2) is 23.2 Å². The molecule has 0 bridgehead atoms. The molecule has 0 amide bonds. The fourth-order valence-corrected chi connectivity index (χ4v) is 2.03. The zero-order valence-corrected chi connectivity index (χ0v) is 12.7. The highest BCUT2D eigenvalue weighted by molar-refractivity contribution is 8.00. The fourth-order valence-electron chi connectivity index (χ4n) is 1.40. The first kappa shape index (κ1) is 16.0. The van der Waals surface area contributed by atoms with E-state index in [1.54, 1.807) is 12.3 Å². The van der Waals surface area contributed by atoms with E-state index in [1.165, 1.54) is 11.8 Å². The van der Waals surface area contributed by atoms with Gasteiger partial charge < -0.3 is 9.84 Å². The number of rotatable bonds is 5. The van der Waals surface area contributed by atoms with Crippen LogP contribution in [-0.2, 0) is 9.53 Å². The van der Waals surface area contributed by atoms with Crippen molar-refractivity contribution >= 4 is 17.7 Å². The summed E-state index contributed by atoms with van der Waals surface area (Å²) in [5.74, 6) is 0.0180. The Labute approximate surface area is 118 Å². The summed E-state index contributed by atoms with van der Waals surface area (Å²) >= 11 is 1.38. The predicted molar refractivity (Wildman–Crippen MR) is 76.1 cm³/mol. The Morgan fingerprint density at radius 3 is 2.63 bits per heavy atom. The minimum atomic E-state index is -0.523. The number of hydrogen-bond donors (Lipinski definition) is 1. The molecule has 0 radical (unpaired) electrons. The maximum Gasteiger partial charge on any atom is 0.316 e. The van der Waals surface area contributed by atoms with Gasteiger partial charge in [-0.25, -0.2) is 0 Å². The maximum atomic E-state index is 11.6. The van der Waals surface area contributed by atoms with Gasteiger partial charge in [-0.2, -0.15) is 0 Å². The lowest BCUT2D eigenvalue weighted by Gasteiger charge is -2.19. The van der Waals surface area contributed by atoms with Crippen LogP contribution in [0.25, 0.3) is 0 Å². The van der Waals surface area contributed by atoms with Crippen LogP contribution >= 0.6 is 11.8 Å². The summed E-state index contributed by atoms with van der Waals surface area (Å²) in [6, 6.07) is 3.64. The van der Waals surface area contributed by atoms with E-state index in [9.17, 15) is 9.90 Å². The Kier molecular flexibility index (Phi) is 5.82. The second-order valence-corrected chi connectivity index (χ2v) is 6.27. The molecule has 4 nitrogen and oxygen atoms in total. The maximum absolute atomic E-state index is 11.6. The van der Waals surface area contributed by atoms with E-state index in [1.807, 2.05) is 33.8 Å². The fraction of sp³-hybridized carbons (Fsp3) is 0.571. The van der Waals surface area contributed by atoms with Crippen LogP contribution in [0.3, 0.4) is 0 Å². The molecule has 0 aliphatic rings. The molecule has 1 aromatic heterocycles. The number of thioether (sulfide) groups is 1. The molecular formula is C14H21NO3S. The summed E-state index contributed by atoms with van der Waals surface area (Å²) in [7, 11) is 0. The summed E-state index contributed by atoms with van der Waals surface area (Å²) in [4.78, 5) is 16.6. The SMILES string of the molecule is CCC(O)c1ccc(SCC(=O)OC(C)(C)C)cn1. The van der Waals surface area contributed by atoms with Crippen LogP contribution in [0.5, 0.6) is 0 Å². The third kappa shape index (κ3) is 6.07. The molecule has 0 aliphatic heterocycles. The number of aromatic nitrogens is 1. The first-order valence-corrected chi connectivity index (χ1v) is 7.29. The van der Waals surface area contributed by atoms with Crippen molar-refractivity contribution in [3.05, 3.63) is 24.0 Å². The second kappa shape index (κ2) is 6.91. The number of aliphatic hydroxyl groups excluding tert-OH is 1. The second-order valence-electron chi connectivity index (χ2n) is 5.22. The van der Waals surface area contributed by atoms with E-state index in [0.717, 1.165) is 4.90 Å². The monoisotopic (exact) mass is 283 g/mol. The van der Waals surface area contributed by atoms with E-state index in [0.29, 0.717) is 12.1 Å². The summed E-state index contributed by atoms with van der Waals surface area (Å²) in [5, 5.41) is 9.62. The van der Waals surface area contributed by atoms with Crippen LogP contribution < -0.4 is 0 Å². The number of esters is 1. The van der Waals surface area contributed by atoms with Crippen molar-refractivity contribution in [2.75, 3.05) is 5.75 Å². The zero-order chi connectivity index (χ0) is 14.5. The van der Waals surface area contributed by atoms with E-state index in [-0.39, 0.29) is 11.7 Å². The molecule has 1 rings (SSSR count). The molecule has 0 spiro atoms. The third-order valence-corrected chi connectivity index (χ3v) is 3.22. The van der Waals surface area contributed by atoms with Gasteiger partial charge in [0.1, 0.15) is 5.60 Å². The summed E-state index contributed by atoms with van der Waals surface area (Å²) < 4.78 is 5.22. The molecular weight excluding hydrogens is 262 g/mol. The predicted octanol–water partition coefficient (Wildman–Crippen LogP) is 2.96.